The van der Waals surface area contributed by atoms with Gasteiger partial charge in [-0.1, -0.05) is 84.9 Å². The van der Waals surface area contributed by atoms with E-state index in [2.05, 4.69) is 79.9 Å². The number of carboxylic acids is 1. The van der Waals surface area contributed by atoms with Crippen LogP contribution in [-0.4, -0.2) is 68.0 Å². The SMILES string of the molecule is Cl.O=C(CCc1nc2ccccc2c(=O)[nH]1)N1CCC(c2ccccc2)CC1.O=C(O)CCc1nc2ccccc2c(=O)[nH]1.c1ccc(C2CCNCC2)cc1. The van der Waals surface area contributed by atoms with Crippen molar-refractivity contribution >= 4 is 46.1 Å². The molecule has 0 radical (unpaired) electrons. The molecular weight excluding hydrogens is 728 g/mol. The van der Waals surface area contributed by atoms with Crippen LogP contribution in [0.15, 0.2) is 119 Å². The van der Waals surface area contributed by atoms with Gasteiger partial charge in [-0.2, -0.15) is 0 Å². The van der Waals surface area contributed by atoms with Crippen molar-refractivity contribution in [3.8, 4) is 0 Å². The summed E-state index contributed by atoms with van der Waals surface area (Å²) < 4.78 is 0. The fourth-order valence-corrected chi connectivity index (χ4v) is 7.18. The van der Waals surface area contributed by atoms with Crippen LogP contribution < -0.4 is 16.4 Å². The molecule has 0 aliphatic carbocycles. The molecule has 4 aromatic carbocycles. The number of para-hydroxylation sites is 2. The topological polar surface area (TPSA) is 161 Å². The standard InChI is InChI=1S/C22H23N3O2.C11H10N2O3.C11H15N.ClH/c26-21(25-14-12-17(13-15-25)16-6-2-1-3-7-16)11-10-20-23-19-9-5-4-8-18(19)22(27)24-20;14-10(15)6-5-9-12-8-4-2-1-3-7(8)11(16)13-9;1-2-4-10(5-3-1)11-6-8-12-9-7-11;/h1-9,17H,10-15H2,(H,23,24,27);1-4H,5-6H2,(H,14,15)(H,12,13,16);1-5,11-12H,6-9H2;1H. The van der Waals surface area contributed by atoms with Crippen LogP contribution in [0.2, 0.25) is 0 Å². The minimum absolute atomic E-state index is 0. The van der Waals surface area contributed by atoms with Crippen LogP contribution in [0, 0.1) is 0 Å². The second-order valence-corrected chi connectivity index (χ2v) is 14.0. The molecule has 2 saturated heterocycles. The van der Waals surface area contributed by atoms with Crippen molar-refractivity contribution in [2.24, 2.45) is 0 Å². The number of carboxylic acid groups (broad SMARTS) is 1. The number of hydrogen-bond donors (Lipinski definition) is 4. The summed E-state index contributed by atoms with van der Waals surface area (Å²) in [5.41, 5.74) is 3.76. The molecule has 56 heavy (non-hydrogen) atoms. The number of aromatic amines is 2. The maximum absolute atomic E-state index is 12.6. The van der Waals surface area contributed by atoms with E-state index in [9.17, 15) is 19.2 Å². The first-order chi connectivity index (χ1) is 26.8. The lowest BCUT2D eigenvalue weighted by molar-refractivity contribution is -0.137. The van der Waals surface area contributed by atoms with Crippen LogP contribution in [-0.2, 0) is 22.4 Å². The van der Waals surface area contributed by atoms with Crippen LogP contribution >= 0.6 is 12.4 Å². The second-order valence-electron chi connectivity index (χ2n) is 14.0. The van der Waals surface area contributed by atoms with Crippen molar-refractivity contribution < 1.29 is 14.7 Å². The predicted octanol–water partition coefficient (Wildman–Crippen LogP) is 6.78. The highest BCUT2D eigenvalue weighted by atomic mass is 35.5. The molecule has 0 bridgehead atoms. The number of carbonyl (C=O) groups excluding carboxylic acids is 1. The Labute approximate surface area is 332 Å². The van der Waals surface area contributed by atoms with Crippen molar-refractivity contribution in [1.82, 2.24) is 30.2 Å². The molecule has 2 fully saturated rings. The molecule has 0 atom stereocenters. The highest BCUT2D eigenvalue weighted by Crippen LogP contribution is 2.28. The Hall–Kier alpha value is -5.65. The van der Waals surface area contributed by atoms with E-state index in [1.165, 1.54) is 37.1 Å². The first-order valence-corrected chi connectivity index (χ1v) is 19.1. The van der Waals surface area contributed by atoms with Crippen molar-refractivity contribution in [2.75, 3.05) is 26.2 Å². The van der Waals surface area contributed by atoms with Crippen molar-refractivity contribution in [1.29, 1.82) is 0 Å². The summed E-state index contributed by atoms with van der Waals surface area (Å²) in [6.45, 7) is 3.94. The molecule has 2 aliphatic rings. The molecule has 12 heteroatoms. The number of halogens is 1. The summed E-state index contributed by atoms with van der Waals surface area (Å²) in [7, 11) is 0. The third-order valence-corrected chi connectivity index (χ3v) is 10.2. The zero-order chi connectivity index (χ0) is 38.4. The van der Waals surface area contributed by atoms with Gasteiger partial charge in [0.15, 0.2) is 0 Å². The molecular formula is C44H49ClN6O5. The average molecular weight is 777 g/mol. The Morgan fingerprint density at radius 2 is 1.04 bits per heavy atom. The highest BCUT2D eigenvalue weighted by molar-refractivity contribution is 5.85. The highest BCUT2D eigenvalue weighted by Gasteiger charge is 2.23. The van der Waals surface area contributed by atoms with E-state index in [-0.39, 0.29) is 42.3 Å². The van der Waals surface area contributed by atoms with Gasteiger partial charge in [-0.05, 0) is 86.0 Å². The molecule has 6 aromatic rings. The van der Waals surface area contributed by atoms with Gasteiger partial charge >= 0.3 is 5.97 Å². The number of aryl methyl sites for hydroxylation is 2. The first-order valence-electron chi connectivity index (χ1n) is 19.1. The van der Waals surface area contributed by atoms with Gasteiger partial charge in [-0.15, -0.1) is 12.4 Å². The van der Waals surface area contributed by atoms with Gasteiger partial charge in [-0.3, -0.25) is 19.2 Å². The number of nitrogens with one attached hydrogen (secondary N) is 3. The van der Waals surface area contributed by atoms with Gasteiger partial charge in [0.25, 0.3) is 11.1 Å². The lowest BCUT2D eigenvalue weighted by atomic mass is 9.89. The zero-order valence-electron chi connectivity index (χ0n) is 31.4. The Bertz CT molecular complexity index is 2290. The van der Waals surface area contributed by atoms with Gasteiger partial charge in [0.1, 0.15) is 11.6 Å². The normalized spacial score (nSPS) is 14.5. The molecule has 0 spiro atoms. The van der Waals surface area contributed by atoms with E-state index >= 15 is 0 Å². The number of likely N-dealkylation sites (tertiary alicyclic amines) is 1. The molecule has 8 rings (SSSR count). The Kier molecular flexibility index (Phi) is 15.5. The summed E-state index contributed by atoms with van der Waals surface area (Å²) in [4.78, 5) is 62.7. The Morgan fingerprint density at radius 1 is 0.607 bits per heavy atom. The first kappa shape index (κ1) is 41.5. The smallest absolute Gasteiger partial charge is 0.303 e. The van der Waals surface area contributed by atoms with E-state index in [0.29, 0.717) is 52.2 Å². The van der Waals surface area contributed by atoms with Crippen LogP contribution in [0.1, 0.15) is 73.1 Å². The van der Waals surface area contributed by atoms with Crippen LogP contribution in [0.5, 0.6) is 0 Å². The fourth-order valence-electron chi connectivity index (χ4n) is 7.18. The summed E-state index contributed by atoms with van der Waals surface area (Å²) >= 11 is 0. The summed E-state index contributed by atoms with van der Waals surface area (Å²) in [6.07, 6.45) is 5.61. The van der Waals surface area contributed by atoms with Crippen LogP contribution in [0.3, 0.4) is 0 Å². The molecule has 0 unspecified atom stereocenters. The number of H-pyrrole nitrogens is 2. The van der Waals surface area contributed by atoms with E-state index in [1.54, 1.807) is 30.3 Å². The van der Waals surface area contributed by atoms with Crippen LogP contribution in [0.25, 0.3) is 21.8 Å². The Morgan fingerprint density at radius 3 is 1.52 bits per heavy atom. The maximum atomic E-state index is 12.6. The maximum Gasteiger partial charge on any atom is 0.303 e. The quantitative estimate of drug-likeness (QED) is 0.132. The van der Waals surface area contributed by atoms with E-state index in [4.69, 9.17) is 5.11 Å². The monoisotopic (exact) mass is 776 g/mol. The van der Waals surface area contributed by atoms with E-state index < -0.39 is 5.97 Å². The van der Waals surface area contributed by atoms with E-state index in [0.717, 1.165) is 31.8 Å². The van der Waals surface area contributed by atoms with Gasteiger partial charge < -0.3 is 25.3 Å². The minimum Gasteiger partial charge on any atom is -0.481 e. The molecule has 0 saturated carbocycles. The van der Waals surface area contributed by atoms with Crippen molar-refractivity contribution in [3.63, 3.8) is 0 Å². The summed E-state index contributed by atoms with van der Waals surface area (Å²) in [5.74, 6) is 1.55. The number of piperidine rings is 2. The van der Waals surface area contributed by atoms with Gasteiger partial charge in [0.05, 0.1) is 28.2 Å². The molecule has 292 valence electrons. The number of aliphatic carboxylic acids is 1. The zero-order valence-corrected chi connectivity index (χ0v) is 32.2. The number of carbonyl (C=O) groups is 2. The molecule has 2 aromatic heterocycles. The summed E-state index contributed by atoms with van der Waals surface area (Å²) in [5, 5.41) is 13.0. The molecule has 2 aliphatic heterocycles. The largest absolute Gasteiger partial charge is 0.481 e. The molecule has 4 N–H and O–H groups in total. The Balaban J connectivity index is 0.000000175. The molecule has 4 heterocycles. The lowest BCUT2D eigenvalue weighted by Gasteiger charge is -2.32. The molecule has 11 nitrogen and oxygen atoms in total. The van der Waals surface area contributed by atoms with Gasteiger partial charge in [0, 0.05) is 32.4 Å². The summed E-state index contributed by atoms with van der Waals surface area (Å²) in [6, 6.07) is 35.6. The third kappa shape index (κ3) is 11.7. The predicted molar refractivity (Wildman–Crippen MR) is 223 cm³/mol. The number of rotatable bonds is 8. The third-order valence-electron chi connectivity index (χ3n) is 10.2. The number of fused-ring (bicyclic) bond motifs is 2. The van der Waals surface area contributed by atoms with Crippen LogP contribution in [0.4, 0.5) is 0 Å². The average Bonchev–Trinajstić information content (AvgIpc) is 3.23. The number of aromatic nitrogens is 4. The minimum atomic E-state index is -0.907. The number of nitrogens with zero attached hydrogens (tertiary/aromatic N) is 3. The lowest BCUT2D eigenvalue weighted by Crippen LogP contribution is -2.38. The number of amides is 1. The number of benzene rings is 4. The van der Waals surface area contributed by atoms with E-state index in [1.807, 2.05) is 29.2 Å². The fraction of sp³-hybridized carbons (Fsp3) is 0.318. The van der Waals surface area contributed by atoms with Gasteiger partial charge in [0.2, 0.25) is 5.91 Å². The van der Waals surface area contributed by atoms with Crippen molar-refractivity contribution in [3.05, 3.63) is 153 Å². The molecule has 1 amide bonds. The van der Waals surface area contributed by atoms with Crippen molar-refractivity contribution in [2.45, 2.75) is 63.2 Å². The van der Waals surface area contributed by atoms with Gasteiger partial charge in [-0.25, -0.2) is 9.97 Å². The second kappa shape index (κ2) is 20.9. The number of hydrogen-bond acceptors (Lipinski definition) is 7.